The Bertz CT molecular complexity index is 912. The van der Waals surface area contributed by atoms with E-state index in [0.29, 0.717) is 23.2 Å². The van der Waals surface area contributed by atoms with Crippen molar-refractivity contribution >= 4 is 21.7 Å². The molecule has 0 spiro atoms. The monoisotopic (exact) mass is 483 g/mol. The topological polar surface area (TPSA) is 9.23 Å². The highest BCUT2D eigenvalue weighted by Crippen LogP contribution is 2.54. The van der Waals surface area contributed by atoms with Gasteiger partial charge in [0.15, 0.2) is 4.90 Å². The highest BCUT2D eigenvalue weighted by molar-refractivity contribution is 7.97. The summed E-state index contributed by atoms with van der Waals surface area (Å²) in [5.41, 5.74) is 0. The van der Waals surface area contributed by atoms with Gasteiger partial charge >= 0.3 is 12.3 Å². The first-order valence-electron chi connectivity index (χ1n) is 12.4. The normalized spacial score (nSPS) is 25.0. The third kappa shape index (κ3) is 5.47. The predicted octanol–water partition coefficient (Wildman–Crippen LogP) is 8.11. The van der Waals surface area contributed by atoms with Gasteiger partial charge in [0.1, 0.15) is 17.3 Å². The molecule has 2 aromatic carbocycles. The lowest BCUT2D eigenvalue weighted by Gasteiger charge is -2.29. The molecule has 2 saturated carbocycles. The molecule has 6 heteroatoms. The zero-order valence-electron chi connectivity index (χ0n) is 19.4. The number of alkyl halides is 4. The van der Waals surface area contributed by atoms with E-state index in [0.717, 1.165) is 38.0 Å². The number of hydrogen-bond acceptors (Lipinski definition) is 1. The molecule has 2 aromatic rings. The fourth-order valence-corrected chi connectivity index (χ4v) is 8.20. The van der Waals surface area contributed by atoms with Gasteiger partial charge in [-0.25, -0.2) is 8.78 Å². The van der Waals surface area contributed by atoms with Gasteiger partial charge in [-0.05, 0) is 68.6 Å². The van der Waals surface area contributed by atoms with E-state index in [4.69, 9.17) is 4.74 Å². The SMILES string of the molecule is CCCCOc1ccc([S+]2CCCC2)c2ccccc12.FC(F)C(F)(F)C1CC2CCC1C2. The van der Waals surface area contributed by atoms with Crippen molar-refractivity contribution in [3.8, 4) is 5.75 Å². The first-order chi connectivity index (χ1) is 15.9. The maximum absolute atomic E-state index is 13.0. The molecular formula is C27H35F4OS+. The summed E-state index contributed by atoms with van der Waals surface area (Å²) in [7, 11) is 0.464. The Balaban J connectivity index is 0.000000172. The summed E-state index contributed by atoms with van der Waals surface area (Å²) in [6, 6.07) is 13.3. The number of ether oxygens (including phenoxy) is 1. The summed E-state index contributed by atoms with van der Waals surface area (Å²) in [6.07, 6.45) is 4.34. The fourth-order valence-electron chi connectivity index (χ4n) is 5.70. The number of unbranched alkanes of at least 4 members (excludes halogenated alkanes) is 1. The Labute approximate surface area is 197 Å². The summed E-state index contributed by atoms with van der Waals surface area (Å²) in [4.78, 5) is 1.56. The zero-order valence-corrected chi connectivity index (χ0v) is 20.2. The minimum Gasteiger partial charge on any atom is -0.493 e. The number of benzene rings is 2. The van der Waals surface area contributed by atoms with Gasteiger partial charge in [0, 0.05) is 27.6 Å². The fraction of sp³-hybridized carbons (Fsp3) is 0.630. The average molecular weight is 484 g/mol. The highest BCUT2D eigenvalue weighted by Gasteiger charge is 2.56. The minimum absolute atomic E-state index is 0.144. The van der Waals surface area contributed by atoms with Gasteiger partial charge in [-0.1, -0.05) is 38.0 Å². The van der Waals surface area contributed by atoms with E-state index in [1.807, 2.05) is 0 Å². The van der Waals surface area contributed by atoms with Crippen molar-refractivity contribution in [1.82, 2.24) is 0 Å². The number of rotatable bonds is 7. The molecule has 0 aromatic heterocycles. The Kier molecular flexibility index (Phi) is 8.14. The third-order valence-electron chi connectivity index (χ3n) is 7.47. The maximum Gasteiger partial charge on any atom is 0.310 e. The predicted molar refractivity (Wildman–Crippen MR) is 129 cm³/mol. The van der Waals surface area contributed by atoms with Gasteiger partial charge in [0.25, 0.3) is 0 Å². The second-order valence-electron chi connectivity index (χ2n) is 9.67. The number of halogens is 4. The minimum atomic E-state index is -3.75. The molecule has 1 saturated heterocycles. The molecule has 1 heterocycles. The average Bonchev–Trinajstić information content (AvgIpc) is 3.58. The number of hydrogen-bond donors (Lipinski definition) is 0. The van der Waals surface area contributed by atoms with Crippen LogP contribution in [-0.4, -0.2) is 30.5 Å². The summed E-state index contributed by atoms with van der Waals surface area (Å²) in [6.45, 7) is 3.03. The van der Waals surface area contributed by atoms with E-state index in [1.54, 1.807) is 4.90 Å². The quantitative estimate of drug-likeness (QED) is 0.220. The first kappa shape index (κ1) is 24.7. The van der Waals surface area contributed by atoms with Crippen molar-refractivity contribution in [1.29, 1.82) is 0 Å². The van der Waals surface area contributed by atoms with Crippen molar-refractivity contribution in [2.24, 2.45) is 17.8 Å². The second-order valence-corrected chi connectivity index (χ2v) is 11.9. The molecule has 3 unspecified atom stereocenters. The van der Waals surface area contributed by atoms with Gasteiger partial charge in [-0.2, -0.15) is 8.78 Å². The van der Waals surface area contributed by atoms with Gasteiger partial charge in [0.05, 0.1) is 6.61 Å². The van der Waals surface area contributed by atoms with Crippen LogP contribution < -0.4 is 4.74 Å². The second kappa shape index (κ2) is 10.9. The van der Waals surface area contributed by atoms with Crippen molar-refractivity contribution < 1.29 is 22.3 Å². The van der Waals surface area contributed by atoms with Crippen molar-refractivity contribution in [3.05, 3.63) is 36.4 Å². The van der Waals surface area contributed by atoms with Crippen LogP contribution >= 0.6 is 0 Å². The molecule has 33 heavy (non-hydrogen) atoms. The van der Waals surface area contributed by atoms with Crippen LogP contribution in [0.2, 0.25) is 0 Å². The lowest BCUT2D eigenvalue weighted by molar-refractivity contribution is -0.176. The van der Waals surface area contributed by atoms with E-state index in [9.17, 15) is 17.6 Å². The van der Waals surface area contributed by atoms with Crippen LogP contribution in [-0.2, 0) is 10.9 Å². The van der Waals surface area contributed by atoms with E-state index in [1.165, 1.54) is 41.5 Å². The van der Waals surface area contributed by atoms with Crippen molar-refractivity contribution in [2.45, 2.75) is 75.5 Å². The molecule has 5 rings (SSSR count). The number of fused-ring (bicyclic) bond motifs is 3. The molecule has 2 bridgehead atoms. The van der Waals surface area contributed by atoms with E-state index in [-0.39, 0.29) is 5.92 Å². The van der Waals surface area contributed by atoms with Gasteiger partial charge in [-0.3, -0.25) is 0 Å². The molecule has 1 nitrogen and oxygen atoms in total. The van der Waals surface area contributed by atoms with Crippen molar-refractivity contribution in [2.75, 3.05) is 18.1 Å². The molecule has 1 aliphatic heterocycles. The Morgan fingerprint density at radius 3 is 2.33 bits per heavy atom. The summed E-state index contributed by atoms with van der Waals surface area (Å²) in [5.74, 6) is -0.847. The van der Waals surface area contributed by atoms with Crippen LogP contribution in [0.1, 0.15) is 58.3 Å². The van der Waals surface area contributed by atoms with Gasteiger partial charge in [-0.15, -0.1) is 0 Å². The van der Waals surface area contributed by atoms with Gasteiger partial charge < -0.3 is 4.74 Å². The molecule has 0 amide bonds. The van der Waals surface area contributed by atoms with Crippen LogP contribution in [0.15, 0.2) is 41.3 Å². The molecule has 3 fully saturated rings. The lowest BCUT2D eigenvalue weighted by Crippen LogP contribution is -2.38. The molecule has 2 aliphatic carbocycles. The van der Waals surface area contributed by atoms with Crippen LogP contribution in [0.4, 0.5) is 17.6 Å². The smallest absolute Gasteiger partial charge is 0.310 e. The lowest BCUT2D eigenvalue weighted by atomic mass is 9.84. The van der Waals surface area contributed by atoms with Crippen LogP contribution in [0.25, 0.3) is 10.8 Å². The third-order valence-corrected chi connectivity index (χ3v) is 10.0. The van der Waals surface area contributed by atoms with Crippen molar-refractivity contribution in [3.63, 3.8) is 0 Å². The Hall–Kier alpha value is -1.43. The van der Waals surface area contributed by atoms with Crippen LogP contribution in [0.3, 0.4) is 0 Å². The molecular weight excluding hydrogens is 448 g/mol. The van der Waals surface area contributed by atoms with Gasteiger partial charge in [0.2, 0.25) is 0 Å². The largest absolute Gasteiger partial charge is 0.493 e. The Morgan fingerprint density at radius 2 is 1.73 bits per heavy atom. The molecule has 0 radical (unpaired) electrons. The standard InChI is InChI=1S/C18H23OS.C9H12F4/c1-2-3-12-19-17-10-11-18(20-13-6-7-14-20)16-9-5-4-8-15(16)17;10-8(11)9(12,13)7-4-5-1-2-6(7)3-5/h4-5,8-11H,2-3,6-7,12-14H2,1H3;5-8H,1-4H2/q+1;. The summed E-state index contributed by atoms with van der Waals surface area (Å²) < 4.78 is 56.0. The highest BCUT2D eigenvalue weighted by atomic mass is 32.2. The molecule has 3 atom stereocenters. The molecule has 3 aliphatic rings. The Morgan fingerprint density at radius 1 is 1.00 bits per heavy atom. The van der Waals surface area contributed by atoms with E-state index < -0.39 is 18.3 Å². The molecule has 182 valence electrons. The van der Waals surface area contributed by atoms with E-state index >= 15 is 0 Å². The maximum atomic E-state index is 13.0. The first-order valence-corrected chi connectivity index (χ1v) is 14.0. The van der Waals surface area contributed by atoms with Crippen LogP contribution in [0.5, 0.6) is 5.75 Å². The molecule has 0 N–H and O–H groups in total. The zero-order chi connectivity index (χ0) is 23.4. The van der Waals surface area contributed by atoms with E-state index in [2.05, 4.69) is 43.3 Å². The van der Waals surface area contributed by atoms with Crippen LogP contribution in [0, 0.1) is 17.8 Å². The summed E-state index contributed by atoms with van der Waals surface area (Å²) >= 11 is 0. The summed E-state index contributed by atoms with van der Waals surface area (Å²) in [5, 5.41) is 2.70.